The molecule has 1 atom stereocenters. The van der Waals surface area contributed by atoms with Crippen LogP contribution in [0, 0.1) is 0 Å². The van der Waals surface area contributed by atoms with Crippen LogP contribution in [0.5, 0.6) is 0 Å². The quantitative estimate of drug-likeness (QED) is 0.633. The number of hydrogen-bond acceptors (Lipinski definition) is 6. The Balaban J connectivity index is 1.82. The second-order valence-electron chi connectivity index (χ2n) is 5.99. The minimum Gasteiger partial charge on any atom is -0.469 e. The van der Waals surface area contributed by atoms with Crippen LogP contribution in [0.1, 0.15) is 18.0 Å². The Hall–Kier alpha value is -3.26. The number of fused-ring (bicyclic) bond motifs is 1. The zero-order valence-corrected chi connectivity index (χ0v) is 15.7. The van der Waals surface area contributed by atoms with Crippen LogP contribution in [0.2, 0.25) is 5.02 Å². The molecule has 1 amide bonds. The van der Waals surface area contributed by atoms with Crippen molar-refractivity contribution >= 4 is 34.4 Å². The topological polar surface area (TPSA) is 103 Å². The van der Waals surface area contributed by atoms with Crippen molar-refractivity contribution in [1.29, 1.82) is 0 Å². The lowest BCUT2D eigenvalue weighted by atomic mass is 10.0. The van der Waals surface area contributed by atoms with Crippen LogP contribution < -0.4 is 10.9 Å². The van der Waals surface area contributed by atoms with Crippen molar-refractivity contribution in [1.82, 2.24) is 20.3 Å². The molecule has 2 aromatic carbocycles. The maximum absolute atomic E-state index is 12.5. The number of amides is 1. The summed E-state index contributed by atoms with van der Waals surface area (Å²) < 4.78 is 5.67. The summed E-state index contributed by atoms with van der Waals surface area (Å²) >= 11 is 6.20. The highest BCUT2D eigenvalue weighted by Gasteiger charge is 2.21. The molecule has 0 aliphatic heterocycles. The number of esters is 1. The standard InChI is InChI=1S/C19H17ClN4O4/c1-28-18(26)10-16(12-6-2-4-8-14(12)20)21-17(25)11-24-19(27)13-7-3-5-9-15(13)22-23-24/h2-9,16H,10-11H2,1H3,(H,21,25). The van der Waals surface area contributed by atoms with Gasteiger partial charge < -0.3 is 10.1 Å². The van der Waals surface area contributed by atoms with Gasteiger partial charge in [0.1, 0.15) is 12.1 Å². The van der Waals surface area contributed by atoms with Crippen molar-refractivity contribution in [2.45, 2.75) is 19.0 Å². The molecule has 1 heterocycles. The van der Waals surface area contributed by atoms with Gasteiger partial charge in [-0.25, -0.2) is 4.68 Å². The molecule has 3 rings (SSSR count). The molecule has 0 saturated heterocycles. The monoisotopic (exact) mass is 400 g/mol. The first-order valence-electron chi connectivity index (χ1n) is 8.42. The highest BCUT2D eigenvalue weighted by Crippen LogP contribution is 2.25. The molecular weight excluding hydrogens is 384 g/mol. The van der Waals surface area contributed by atoms with Crippen LogP contribution in [-0.2, 0) is 20.9 Å². The van der Waals surface area contributed by atoms with Crippen LogP contribution in [0.4, 0.5) is 0 Å². The number of rotatable bonds is 6. The van der Waals surface area contributed by atoms with Gasteiger partial charge >= 0.3 is 5.97 Å². The van der Waals surface area contributed by atoms with Crippen LogP contribution in [0.25, 0.3) is 10.9 Å². The van der Waals surface area contributed by atoms with Crippen molar-refractivity contribution in [2.75, 3.05) is 7.11 Å². The van der Waals surface area contributed by atoms with Crippen molar-refractivity contribution in [2.24, 2.45) is 0 Å². The van der Waals surface area contributed by atoms with Crippen LogP contribution in [-0.4, -0.2) is 34.0 Å². The molecule has 1 N–H and O–H groups in total. The Morgan fingerprint density at radius 3 is 2.64 bits per heavy atom. The SMILES string of the molecule is COC(=O)CC(NC(=O)Cn1nnc2ccccc2c1=O)c1ccccc1Cl. The van der Waals surface area contributed by atoms with Crippen molar-refractivity contribution < 1.29 is 14.3 Å². The van der Waals surface area contributed by atoms with E-state index in [1.807, 2.05) is 0 Å². The summed E-state index contributed by atoms with van der Waals surface area (Å²) in [5, 5.41) is 11.2. The second-order valence-corrected chi connectivity index (χ2v) is 6.40. The fourth-order valence-electron chi connectivity index (χ4n) is 2.75. The summed E-state index contributed by atoms with van der Waals surface area (Å²) in [6.07, 6.45) is -0.107. The summed E-state index contributed by atoms with van der Waals surface area (Å²) in [5.41, 5.74) is 0.590. The number of nitrogens with one attached hydrogen (secondary N) is 1. The summed E-state index contributed by atoms with van der Waals surface area (Å²) in [4.78, 5) is 36.8. The van der Waals surface area contributed by atoms with Gasteiger partial charge in [-0.2, -0.15) is 0 Å². The van der Waals surface area contributed by atoms with E-state index in [-0.39, 0.29) is 13.0 Å². The van der Waals surface area contributed by atoms with E-state index in [4.69, 9.17) is 16.3 Å². The molecule has 0 spiro atoms. The molecule has 144 valence electrons. The van der Waals surface area contributed by atoms with E-state index in [0.29, 0.717) is 21.5 Å². The van der Waals surface area contributed by atoms with E-state index < -0.39 is 23.5 Å². The van der Waals surface area contributed by atoms with E-state index in [1.165, 1.54) is 7.11 Å². The Morgan fingerprint density at radius 1 is 1.18 bits per heavy atom. The Labute approximate surface area is 165 Å². The average molecular weight is 401 g/mol. The fourth-order valence-corrected chi connectivity index (χ4v) is 3.02. The molecule has 0 bridgehead atoms. The molecule has 28 heavy (non-hydrogen) atoms. The number of methoxy groups -OCH3 is 1. The van der Waals surface area contributed by atoms with E-state index in [1.54, 1.807) is 48.5 Å². The largest absolute Gasteiger partial charge is 0.469 e. The Kier molecular flexibility index (Phi) is 6.00. The van der Waals surface area contributed by atoms with Gasteiger partial charge in [-0.3, -0.25) is 14.4 Å². The van der Waals surface area contributed by atoms with Gasteiger partial charge in [-0.1, -0.05) is 47.1 Å². The predicted octanol–water partition coefficient (Wildman–Crippen LogP) is 1.87. The van der Waals surface area contributed by atoms with Crippen LogP contribution in [0.15, 0.2) is 53.3 Å². The lowest BCUT2D eigenvalue weighted by molar-refractivity contribution is -0.141. The first kappa shape index (κ1) is 19.5. The minimum absolute atomic E-state index is 0.107. The molecule has 0 radical (unpaired) electrons. The van der Waals surface area contributed by atoms with E-state index in [2.05, 4.69) is 15.6 Å². The molecular formula is C19H17ClN4O4. The molecule has 8 nitrogen and oxygen atoms in total. The van der Waals surface area contributed by atoms with Crippen molar-refractivity contribution in [3.05, 3.63) is 69.5 Å². The van der Waals surface area contributed by atoms with Crippen molar-refractivity contribution in [3.63, 3.8) is 0 Å². The van der Waals surface area contributed by atoms with Gasteiger partial charge in [0.25, 0.3) is 5.56 Å². The molecule has 0 aliphatic carbocycles. The van der Waals surface area contributed by atoms with Gasteiger partial charge in [0.05, 0.1) is 25.0 Å². The lowest BCUT2D eigenvalue weighted by Crippen LogP contribution is -2.37. The number of carbonyl (C=O) groups is 2. The third-order valence-electron chi connectivity index (χ3n) is 4.14. The normalized spacial score (nSPS) is 11.8. The third kappa shape index (κ3) is 4.34. The first-order chi connectivity index (χ1) is 13.5. The van der Waals surface area contributed by atoms with Gasteiger partial charge in [0.15, 0.2) is 0 Å². The van der Waals surface area contributed by atoms with E-state index in [0.717, 1.165) is 4.68 Å². The lowest BCUT2D eigenvalue weighted by Gasteiger charge is -2.19. The third-order valence-corrected chi connectivity index (χ3v) is 4.48. The number of hydrogen-bond donors (Lipinski definition) is 1. The summed E-state index contributed by atoms with van der Waals surface area (Å²) in [6.45, 7) is -0.348. The van der Waals surface area contributed by atoms with Crippen LogP contribution >= 0.6 is 11.6 Å². The Morgan fingerprint density at radius 2 is 1.89 bits per heavy atom. The fraction of sp³-hybridized carbons (Fsp3) is 0.211. The summed E-state index contributed by atoms with van der Waals surface area (Å²) in [5.74, 6) is -1.02. The van der Waals surface area contributed by atoms with Gasteiger partial charge in [0.2, 0.25) is 5.91 Å². The molecule has 1 aromatic heterocycles. The maximum atomic E-state index is 12.5. The number of carbonyl (C=O) groups excluding carboxylic acids is 2. The van der Waals surface area contributed by atoms with Crippen molar-refractivity contribution in [3.8, 4) is 0 Å². The summed E-state index contributed by atoms with van der Waals surface area (Å²) in [6, 6.07) is 12.9. The molecule has 0 aliphatic rings. The minimum atomic E-state index is -0.710. The predicted molar refractivity (Wildman–Crippen MR) is 103 cm³/mol. The van der Waals surface area contributed by atoms with Gasteiger partial charge in [-0.15, -0.1) is 5.10 Å². The zero-order chi connectivity index (χ0) is 20.1. The number of nitrogens with zero attached hydrogens (tertiary/aromatic N) is 3. The molecule has 0 fully saturated rings. The van der Waals surface area contributed by atoms with Gasteiger partial charge in [0, 0.05) is 5.02 Å². The average Bonchev–Trinajstić information content (AvgIpc) is 2.70. The van der Waals surface area contributed by atoms with Crippen LogP contribution in [0.3, 0.4) is 0 Å². The maximum Gasteiger partial charge on any atom is 0.307 e. The number of halogens is 1. The Bertz CT molecular complexity index is 1080. The molecule has 1 unspecified atom stereocenters. The number of benzene rings is 2. The highest BCUT2D eigenvalue weighted by atomic mass is 35.5. The summed E-state index contributed by atoms with van der Waals surface area (Å²) in [7, 11) is 1.26. The number of ether oxygens (including phenoxy) is 1. The molecule has 0 saturated carbocycles. The highest BCUT2D eigenvalue weighted by molar-refractivity contribution is 6.31. The van der Waals surface area contributed by atoms with E-state index >= 15 is 0 Å². The molecule has 3 aromatic rings. The first-order valence-corrected chi connectivity index (χ1v) is 8.80. The second kappa shape index (κ2) is 8.62. The zero-order valence-electron chi connectivity index (χ0n) is 15.0. The smallest absolute Gasteiger partial charge is 0.307 e. The number of aromatic nitrogens is 3. The van der Waals surface area contributed by atoms with E-state index in [9.17, 15) is 14.4 Å². The molecule has 9 heteroatoms. The van der Waals surface area contributed by atoms with Gasteiger partial charge in [-0.05, 0) is 23.8 Å².